The summed E-state index contributed by atoms with van der Waals surface area (Å²) in [5.41, 5.74) is 4.13. The number of hydrogen-bond donors (Lipinski definition) is 1. The first kappa shape index (κ1) is 21.2. The third kappa shape index (κ3) is 5.12. The Labute approximate surface area is 174 Å². The molecular weight excluding hydrogens is 362 g/mol. The van der Waals surface area contributed by atoms with Crippen LogP contribution in [0.1, 0.15) is 49.3 Å². The molecule has 29 heavy (non-hydrogen) atoms. The molecule has 1 saturated heterocycles. The summed E-state index contributed by atoms with van der Waals surface area (Å²) >= 11 is 0. The molecule has 1 aromatic carbocycles. The van der Waals surface area contributed by atoms with E-state index in [4.69, 9.17) is 4.98 Å². The monoisotopic (exact) mass is 395 g/mol. The number of benzene rings is 1. The van der Waals surface area contributed by atoms with E-state index in [0.717, 1.165) is 60.3 Å². The van der Waals surface area contributed by atoms with Crippen LogP contribution in [-0.2, 0) is 4.79 Å². The van der Waals surface area contributed by atoms with Crippen LogP contribution in [0.15, 0.2) is 24.3 Å². The number of nitrogens with zero attached hydrogens (tertiary/aromatic N) is 4. The summed E-state index contributed by atoms with van der Waals surface area (Å²) in [6, 6.07) is 8.02. The molecule has 6 nitrogen and oxygen atoms in total. The Balaban J connectivity index is 1.61. The van der Waals surface area contributed by atoms with Crippen LogP contribution in [0.3, 0.4) is 0 Å². The van der Waals surface area contributed by atoms with Gasteiger partial charge in [-0.3, -0.25) is 9.69 Å². The van der Waals surface area contributed by atoms with E-state index < -0.39 is 0 Å². The van der Waals surface area contributed by atoms with Crippen molar-refractivity contribution >= 4 is 17.4 Å². The first-order chi connectivity index (χ1) is 13.7. The second-order valence-corrected chi connectivity index (χ2v) is 8.39. The average molecular weight is 396 g/mol. The zero-order valence-electron chi connectivity index (χ0n) is 18.5. The maximum atomic E-state index is 12.8. The molecule has 0 saturated carbocycles. The molecule has 1 N–H and O–H groups in total. The lowest BCUT2D eigenvalue weighted by atomic mass is 10.1. The fourth-order valence-corrected chi connectivity index (χ4v) is 3.61. The second kappa shape index (κ2) is 8.91. The van der Waals surface area contributed by atoms with Gasteiger partial charge >= 0.3 is 0 Å². The van der Waals surface area contributed by atoms with Gasteiger partial charge in [-0.25, -0.2) is 9.97 Å². The molecule has 2 heterocycles. The van der Waals surface area contributed by atoms with Crippen LogP contribution in [0.4, 0.5) is 11.5 Å². The van der Waals surface area contributed by atoms with Gasteiger partial charge in [0.05, 0.1) is 6.04 Å². The highest BCUT2D eigenvalue weighted by molar-refractivity contribution is 5.95. The van der Waals surface area contributed by atoms with E-state index in [1.54, 1.807) is 0 Å². The number of rotatable bonds is 5. The molecule has 1 fully saturated rings. The van der Waals surface area contributed by atoms with Crippen molar-refractivity contribution in [2.24, 2.45) is 0 Å². The van der Waals surface area contributed by atoms with E-state index in [1.165, 1.54) is 0 Å². The van der Waals surface area contributed by atoms with E-state index >= 15 is 0 Å². The molecule has 1 aliphatic rings. The van der Waals surface area contributed by atoms with Gasteiger partial charge in [-0.2, -0.15) is 0 Å². The molecule has 0 unspecified atom stereocenters. The predicted molar refractivity (Wildman–Crippen MR) is 119 cm³/mol. The number of carbonyl (C=O) groups excluding carboxylic acids is 1. The number of carbonyl (C=O) groups is 1. The van der Waals surface area contributed by atoms with E-state index in [0.29, 0.717) is 5.92 Å². The molecule has 6 heteroatoms. The van der Waals surface area contributed by atoms with Gasteiger partial charge in [0.1, 0.15) is 11.6 Å². The van der Waals surface area contributed by atoms with Crippen molar-refractivity contribution in [3.05, 3.63) is 46.9 Å². The summed E-state index contributed by atoms with van der Waals surface area (Å²) in [4.78, 5) is 26.6. The first-order valence-electron chi connectivity index (χ1n) is 10.5. The number of hydrogen-bond acceptors (Lipinski definition) is 5. The summed E-state index contributed by atoms with van der Waals surface area (Å²) < 4.78 is 0. The lowest BCUT2D eigenvalue weighted by Crippen LogP contribution is -2.53. The molecule has 2 aromatic rings. The Hall–Kier alpha value is -2.47. The molecule has 156 valence electrons. The zero-order valence-corrected chi connectivity index (χ0v) is 18.5. The van der Waals surface area contributed by atoms with Crippen LogP contribution in [0.25, 0.3) is 0 Å². The van der Waals surface area contributed by atoms with Crippen molar-refractivity contribution in [3.8, 4) is 0 Å². The Morgan fingerprint density at radius 1 is 1.00 bits per heavy atom. The van der Waals surface area contributed by atoms with Gasteiger partial charge in [0.2, 0.25) is 5.91 Å². The van der Waals surface area contributed by atoms with Gasteiger partial charge in [-0.05, 0) is 44.9 Å². The Bertz CT molecular complexity index is 872. The fraction of sp³-hybridized carbons (Fsp3) is 0.522. The maximum absolute atomic E-state index is 12.8. The normalized spacial score (nSPS) is 16.2. The number of anilines is 2. The quantitative estimate of drug-likeness (QED) is 0.837. The number of amides is 1. The third-order valence-corrected chi connectivity index (χ3v) is 5.59. The van der Waals surface area contributed by atoms with E-state index in [9.17, 15) is 4.79 Å². The SMILES string of the molecule is Cc1ccc(C)c(NC(=O)[C@H](C)N2CCN(c3cc(C)nc(C(C)C)n3)CC2)c1. The molecule has 1 atom stereocenters. The minimum atomic E-state index is -0.171. The highest BCUT2D eigenvalue weighted by atomic mass is 16.2. The lowest BCUT2D eigenvalue weighted by Gasteiger charge is -2.38. The van der Waals surface area contributed by atoms with Crippen LogP contribution in [-0.4, -0.2) is 53.0 Å². The number of piperazine rings is 1. The molecule has 0 radical (unpaired) electrons. The Morgan fingerprint density at radius 3 is 2.34 bits per heavy atom. The Kier molecular flexibility index (Phi) is 6.52. The van der Waals surface area contributed by atoms with Crippen molar-refractivity contribution in [2.45, 2.75) is 53.5 Å². The molecular formula is C23H33N5O. The highest BCUT2D eigenvalue weighted by Crippen LogP contribution is 2.20. The summed E-state index contributed by atoms with van der Waals surface area (Å²) in [5, 5.41) is 3.10. The molecule has 0 spiro atoms. The predicted octanol–water partition coefficient (Wildman–Crippen LogP) is 3.67. The molecule has 1 amide bonds. The highest BCUT2D eigenvalue weighted by Gasteiger charge is 2.26. The van der Waals surface area contributed by atoms with Crippen LogP contribution in [0.5, 0.6) is 0 Å². The smallest absolute Gasteiger partial charge is 0.241 e. The summed E-state index contributed by atoms with van der Waals surface area (Å²) in [5.74, 6) is 2.24. The minimum Gasteiger partial charge on any atom is -0.354 e. The molecule has 1 aromatic heterocycles. The van der Waals surface area contributed by atoms with Gasteiger partial charge in [-0.1, -0.05) is 26.0 Å². The summed E-state index contributed by atoms with van der Waals surface area (Å²) in [6.45, 7) is 15.7. The summed E-state index contributed by atoms with van der Waals surface area (Å²) in [6.07, 6.45) is 0. The second-order valence-electron chi connectivity index (χ2n) is 8.39. The van der Waals surface area contributed by atoms with E-state index in [2.05, 4.69) is 46.1 Å². The molecule has 0 bridgehead atoms. The summed E-state index contributed by atoms with van der Waals surface area (Å²) in [7, 11) is 0. The average Bonchev–Trinajstić information content (AvgIpc) is 2.69. The number of aromatic nitrogens is 2. The van der Waals surface area contributed by atoms with Gasteiger partial charge in [-0.15, -0.1) is 0 Å². The fourth-order valence-electron chi connectivity index (χ4n) is 3.61. The van der Waals surface area contributed by atoms with E-state index in [1.807, 2.05) is 39.8 Å². The minimum absolute atomic E-state index is 0.0483. The Morgan fingerprint density at radius 2 is 1.69 bits per heavy atom. The van der Waals surface area contributed by atoms with Gasteiger partial charge in [0, 0.05) is 49.5 Å². The standard InChI is InChI=1S/C23H33N5O/c1-15(2)22-24-18(5)14-21(26-22)28-11-9-27(10-12-28)19(6)23(29)25-20-13-16(3)7-8-17(20)4/h7-8,13-15,19H,9-12H2,1-6H3,(H,25,29)/t19-/m0/s1. The number of aryl methyl sites for hydroxylation is 3. The van der Waals surface area contributed by atoms with Crippen LogP contribution >= 0.6 is 0 Å². The van der Waals surface area contributed by atoms with Crippen molar-refractivity contribution in [1.29, 1.82) is 0 Å². The molecule has 3 rings (SSSR count). The number of nitrogens with one attached hydrogen (secondary N) is 1. The van der Waals surface area contributed by atoms with Crippen molar-refractivity contribution in [2.75, 3.05) is 36.4 Å². The molecule has 1 aliphatic heterocycles. The zero-order chi connectivity index (χ0) is 21.1. The topological polar surface area (TPSA) is 61.4 Å². The van der Waals surface area contributed by atoms with Gasteiger partial charge in [0.15, 0.2) is 0 Å². The van der Waals surface area contributed by atoms with Gasteiger partial charge in [0.25, 0.3) is 0 Å². The first-order valence-corrected chi connectivity index (χ1v) is 10.5. The van der Waals surface area contributed by atoms with Crippen LogP contribution in [0, 0.1) is 20.8 Å². The van der Waals surface area contributed by atoms with Crippen molar-refractivity contribution in [1.82, 2.24) is 14.9 Å². The maximum Gasteiger partial charge on any atom is 0.241 e. The van der Waals surface area contributed by atoms with Gasteiger partial charge < -0.3 is 10.2 Å². The molecule has 0 aliphatic carbocycles. The third-order valence-electron chi connectivity index (χ3n) is 5.59. The van der Waals surface area contributed by atoms with Crippen LogP contribution in [0.2, 0.25) is 0 Å². The van der Waals surface area contributed by atoms with Crippen molar-refractivity contribution < 1.29 is 4.79 Å². The lowest BCUT2D eigenvalue weighted by molar-refractivity contribution is -0.120. The van der Waals surface area contributed by atoms with Crippen molar-refractivity contribution in [3.63, 3.8) is 0 Å². The van der Waals surface area contributed by atoms with E-state index in [-0.39, 0.29) is 11.9 Å². The van der Waals surface area contributed by atoms with Crippen LogP contribution < -0.4 is 10.2 Å². The largest absolute Gasteiger partial charge is 0.354 e.